The number of hydrogen-bond acceptors (Lipinski definition) is 11. The summed E-state index contributed by atoms with van der Waals surface area (Å²) in [5.74, 6) is 1.14. The van der Waals surface area contributed by atoms with E-state index in [0.29, 0.717) is 29.1 Å². The highest BCUT2D eigenvalue weighted by atomic mass is 32.1. The molecule has 0 atom stereocenters. The van der Waals surface area contributed by atoms with Gasteiger partial charge in [0, 0.05) is 37.5 Å². The molecule has 1 N–H and O–H groups in total. The van der Waals surface area contributed by atoms with Crippen molar-refractivity contribution in [2.24, 2.45) is 0 Å². The van der Waals surface area contributed by atoms with E-state index >= 15 is 0 Å². The molecule has 1 aliphatic rings. The van der Waals surface area contributed by atoms with Crippen LogP contribution in [-0.2, 0) is 11.3 Å². The summed E-state index contributed by atoms with van der Waals surface area (Å²) in [7, 11) is 1.89. The number of thiazole rings is 2. The molecule has 1 saturated heterocycles. The van der Waals surface area contributed by atoms with Gasteiger partial charge in [-0.15, -0.1) is 21.5 Å². The largest absolute Gasteiger partial charge is 0.461 e. The topological polar surface area (TPSA) is 96.4 Å². The molecule has 0 aliphatic carbocycles. The third-order valence-electron chi connectivity index (χ3n) is 6.81. The summed E-state index contributed by atoms with van der Waals surface area (Å²) < 4.78 is 6.46. The molecule has 0 unspecified atom stereocenters. The molecule has 2 aromatic carbocycles. The fourth-order valence-electron chi connectivity index (χ4n) is 4.68. The molecular formula is C29H29N7O2S2. The highest BCUT2D eigenvalue weighted by Crippen LogP contribution is 2.39. The lowest BCUT2D eigenvalue weighted by atomic mass is 9.96. The summed E-state index contributed by atoms with van der Waals surface area (Å²) in [5, 5.41) is 13.6. The van der Waals surface area contributed by atoms with Crippen LogP contribution in [0.25, 0.3) is 10.2 Å². The molecule has 0 spiro atoms. The van der Waals surface area contributed by atoms with Gasteiger partial charge < -0.3 is 15.0 Å². The molecule has 5 aromatic rings. The maximum absolute atomic E-state index is 12.8. The van der Waals surface area contributed by atoms with Crippen molar-refractivity contribution in [1.29, 1.82) is 0 Å². The molecule has 3 aromatic heterocycles. The Morgan fingerprint density at radius 1 is 1.07 bits per heavy atom. The van der Waals surface area contributed by atoms with Gasteiger partial charge in [0.1, 0.15) is 0 Å². The molecule has 6 rings (SSSR count). The predicted molar refractivity (Wildman–Crippen MR) is 160 cm³/mol. The van der Waals surface area contributed by atoms with Gasteiger partial charge in [-0.05, 0) is 43.2 Å². The van der Waals surface area contributed by atoms with Crippen LogP contribution in [0.15, 0.2) is 60.7 Å². The third kappa shape index (κ3) is 5.40. The minimum atomic E-state index is -0.382. The van der Waals surface area contributed by atoms with Crippen molar-refractivity contribution < 1.29 is 9.53 Å². The second-order valence-electron chi connectivity index (χ2n) is 9.71. The number of benzene rings is 2. The highest BCUT2D eigenvalue weighted by molar-refractivity contribution is 7.22. The van der Waals surface area contributed by atoms with Gasteiger partial charge in [-0.1, -0.05) is 53.8 Å². The van der Waals surface area contributed by atoms with Crippen molar-refractivity contribution in [3.63, 3.8) is 0 Å². The molecule has 11 heteroatoms. The lowest BCUT2D eigenvalue weighted by molar-refractivity contribution is 0.0515. The van der Waals surface area contributed by atoms with E-state index in [1.54, 1.807) is 11.3 Å². The van der Waals surface area contributed by atoms with Crippen molar-refractivity contribution in [3.8, 4) is 0 Å². The van der Waals surface area contributed by atoms with Crippen LogP contribution < -0.4 is 10.2 Å². The number of fused-ring (bicyclic) bond motifs is 1. The van der Waals surface area contributed by atoms with E-state index in [1.165, 1.54) is 16.9 Å². The lowest BCUT2D eigenvalue weighted by Crippen LogP contribution is -2.44. The Labute approximate surface area is 240 Å². The maximum atomic E-state index is 12.8. The van der Waals surface area contributed by atoms with Crippen LogP contribution in [0.3, 0.4) is 0 Å². The Balaban J connectivity index is 1.19. The van der Waals surface area contributed by atoms with Crippen LogP contribution in [0.2, 0.25) is 0 Å². The zero-order chi connectivity index (χ0) is 27.6. The number of ether oxygens (including phenoxy) is 1. The number of carbonyl (C=O) groups excluding carboxylic acids is 1. The minimum Gasteiger partial charge on any atom is -0.461 e. The van der Waals surface area contributed by atoms with Gasteiger partial charge in [0.15, 0.2) is 27.6 Å². The van der Waals surface area contributed by atoms with Gasteiger partial charge in [0.2, 0.25) is 0 Å². The monoisotopic (exact) mass is 571 g/mol. The SMILES string of the molecule is CCOC(=O)c1nc(N(C)c2cc(C)c(Nc3nc4ccccc4s3)nn2)sc1C1CN(Cc2ccccc2)C1. The first-order chi connectivity index (χ1) is 19.5. The van der Waals surface area contributed by atoms with Crippen LogP contribution in [-0.4, -0.2) is 57.8 Å². The molecule has 0 amide bonds. The quantitative estimate of drug-likeness (QED) is 0.209. The zero-order valence-electron chi connectivity index (χ0n) is 22.5. The minimum absolute atomic E-state index is 0.232. The summed E-state index contributed by atoms with van der Waals surface area (Å²) in [6, 6.07) is 20.4. The summed E-state index contributed by atoms with van der Waals surface area (Å²) >= 11 is 3.09. The van der Waals surface area contributed by atoms with Crippen molar-refractivity contribution in [2.45, 2.75) is 26.3 Å². The summed E-state index contributed by atoms with van der Waals surface area (Å²) in [4.78, 5) is 27.4. The molecule has 4 heterocycles. The third-order valence-corrected chi connectivity index (χ3v) is 9.06. The molecule has 1 fully saturated rings. The number of carbonyl (C=O) groups is 1. The predicted octanol–water partition coefficient (Wildman–Crippen LogP) is 6.14. The highest BCUT2D eigenvalue weighted by Gasteiger charge is 2.35. The van der Waals surface area contributed by atoms with Crippen LogP contribution in [0.5, 0.6) is 0 Å². The van der Waals surface area contributed by atoms with Gasteiger partial charge in [-0.25, -0.2) is 14.8 Å². The normalized spacial score (nSPS) is 13.8. The van der Waals surface area contributed by atoms with E-state index in [2.05, 4.69) is 49.7 Å². The van der Waals surface area contributed by atoms with Gasteiger partial charge in [0.05, 0.1) is 16.8 Å². The van der Waals surface area contributed by atoms with Crippen molar-refractivity contribution in [2.75, 3.05) is 37.0 Å². The average Bonchev–Trinajstić information content (AvgIpc) is 3.56. The van der Waals surface area contributed by atoms with E-state index < -0.39 is 0 Å². The Kier molecular flexibility index (Phi) is 7.42. The first-order valence-corrected chi connectivity index (χ1v) is 14.8. The second-order valence-corrected chi connectivity index (χ2v) is 11.8. The molecule has 0 radical (unpaired) electrons. The number of anilines is 4. The summed E-state index contributed by atoms with van der Waals surface area (Å²) in [6.45, 7) is 6.73. The van der Waals surface area contributed by atoms with E-state index in [9.17, 15) is 4.79 Å². The number of likely N-dealkylation sites (tertiary alicyclic amines) is 1. The smallest absolute Gasteiger partial charge is 0.358 e. The maximum Gasteiger partial charge on any atom is 0.358 e. The van der Waals surface area contributed by atoms with Crippen LogP contribution in [0.4, 0.5) is 21.9 Å². The van der Waals surface area contributed by atoms with Crippen molar-refractivity contribution >= 4 is 60.8 Å². The summed E-state index contributed by atoms with van der Waals surface area (Å²) in [5.41, 5.74) is 3.56. The number of rotatable bonds is 9. The average molecular weight is 572 g/mol. The first-order valence-electron chi connectivity index (χ1n) is 13.1. The van der Waals surface area contributed by atoms with Gasteiger partial charge in [-0.2, -0.15) is 0 Å². The Bertz CT molecular complexity index is 1610. The van der Waals surface area contributed by atoms with Crippen LogP contribution >= 0.6 is 22.7 Å². The number of para-hydroxylation sites is 1. The number of aryl methyl sites for hydroxylation is 1. The number of nitrogens with zero attached hydrogens (tertiary/aromatic N) is 6. The fourth-order valence-corrected chi connectivity index (χ4v) is 6.65. The van der Waals surface area contributed by atoms with E-state index in [-0.39, 0.29) is 11.9 Å². The first kappa shape index (κ1) is 26.3. The lowest BCUT2D eigenvalue weighted by Gasteiger charge is -2.39. The number of hydrogen-bond donors (Lipinski definition) is 1. The molecule has 40 heavy (non-hydrogen) atoms. The zero-order valence-corrected chi connectivity index (χ0v) is 24.1. The standard InChI is InChI=1S/C29H29N7O2S2/c1-4-38-27(37)24-25(20-16-36(17-20)15-19-10-6-5-7-11-19)40-29(31-24)35(3)23-14-18(2)26(34-33-23)32-28-30-21-12-8-9-13-22(21)39-28/h5-14,20H,4,15-17H2,1-3H3,(H,30,32,34). The Hall–Kier alpha value is -3.93. The second kappa shape index (κ2) is 11.3. The molecule has 0 saturated carbocycles. The van der Waals surface area contributed by atoms with Crippen LogP contribution in [0, 0.1) is 6.92 Å². The van der Waals surface area contributed by atoms with E-state index in [0.717, 1.165) is 45.4 Å². The molecule has 204 valence electrons. The number of esters is 1. The Morgan fingerprint density at radius 2 is 1.85 bits per heavy atom. The van der Waals surface area contributed by atoms with Crippen molar-refractivity contribution in [1.82, 2.24) is 25.1 Å². The number of nitrogens with one attached hydrogen (secondary N) is 1. The fraction of sp³-hybridized carbons (Fsp3) is 0.276. The van der Waals surface area contributed by atoms with Gasteiger partial charge in [0.25, 0.3) is 0 Å². The molecule has 1 aliphatic heterocycles. The van der Waals surface area contributed by atoms with Crippen molar-refractivity contribution in [3.05, 3.63) is 82.4 Å². The Morgan fingerprint density at radius 3 is 2.60 bits per heavy atom. The van der Waals surface area contributed by atoms with E-state index in [1.807, 2.05) is 62.2 Å². The molecule has 9 nitrogen and oxygen atoms in total. The van der Waals surface area contributed by atoms with Crippen LogP contribution in [0.1, 0.15) is 39.3 Å². The van der Waals surface area contributed by atoms with Gasteiger partial charge in [-0.3, -0.25) is 4.90 Å². The van der Waals surface area contributed by atoms with Gasteiger partial charge >= 0.3 is 5.97 Å². The molecule has 0 bridgehead atoms. The summed E-state index contributed by atoms with van der Waals surface area (Å²) in [6.07, 6.45) is 0. The molecular weight excluding hydrogens is 543 g/mol. The van der Waals surface area contributed by atoms with E-state index in [4.69, 9.17) is 9.72 Å². The number of aromatic nitrogens is 4.